The van der Waals surface area contributed by atoms with E-state index in [2.05, 4.69) is 10.6 Å². The molecular weight excluding hydrogens is 278 g/mol. The van der Waals surface area contributed by atoms with Crippen molar-refractivity contribution in [1.82, 2.24) is 5.32 Å². The lowest BCUT2D eigenvalue weighted by Gasteiger charge is -2.18. The van der Waals surface area contributed by atoms with Gasteiger partial charge in [0.1, 0.15) is 0 Å². The number of hydrogen-bond acceptors (Lipinski definition) is 3. The molecule has 3 N–H and O–H groups in total. The summed E-state index contributed by atoms with van der Waals surface area (Å²) < 4.78 is 0. The fourth-order valence-corrected chi connectivity index (χ4v) is 2.06. The fraction of sp³-hybridized carbons (Fsp3) is 0.176. The Labute approximate surface area is 129 Å². The molecule has 2 rings (SSSR count). The van der Waals surface area contributed by atoms with Crippen molar-refractivity contribution in [1.29, 1.82) is 5.26 Å². The van der Waals surface area contributed by atoms with E-state index < -0.39 is 12.1 Å². The summed E-state index contributed by atoms with van der Waals surface area (Å²) in [6.45, 7) is 1.64. The number of nitriles is 1. The van der Waals surface area contributed by atoms with E-state index in [1.54, 1.807) is 18.2 Å². The van der Waals surface area contributed by atoms with Crippen molar-refractivity contribution in [2.75, 3.05) is 11.9 Å². The van der Waals surface area contributed by atoms with Crippen molar-refractivity contribution >= 4 is 11.7 Å². The van der Waals surface area contributed by atoms with Gasteiger partial charge in [0.05, 0.1) is 24.3 Å². The highest BCUT2D eigenvalue weighted by Gasteiger charge is 2.14. The SMILES string of the molecule is Cc1ccc(C#N)cc1NC(=O)N[C@H](CO)c1ccccc1. The number of anilines is 1. The summed E-state index contributed by atoms with van der Waals surface area (Å²) in [5, 5.41) is 23.8. The molecule has 5 heteroatoms. The Morgan fingerprint density at radius 3 is 2.64 bits per heavy atom. The minimum absolute atomic E-state index is 0.200. The molecule has 0 radical (unpaired) electrons. The number of aliphatic hydroxyl groups is 1. The topological polar surface area (TPSA) is 85.2 Å². The summed E-state index contributed by atoms with van der Waals surface area (Å²) in [6, 6.07) is 15.4. The number of amides is 2. The average molecular weight is 295 g/mol. The highest BCUT2D eigenvalue weighted by Crippen LogP contribution is 2.17. The van der Waals surface area contributed by atoms with Crippen LogP contribution in [-0.4, -0.2) is 17.7 Å². The molecule has 5 nitrogen and oxygen atoms in total. The molecule has 112 valence electrons. The predicted octanol–water partition coefficient (Wildman–Crippen LogP) is 2.72. The van der Waals surface area contributed by atoms with E-state index in [4.69, 9.17) is 5.26 Å². The summed E-state index contributed by atoms with van der Waals surface area (Å²) in [7, 11) is 0. The molecule has 0 unspecified atom stereocenters. The lowest BCUT2D eigenvalue weighted by atomic mass is 10.1. The molecule has 0 bridgehead atoms. The van der Waals surface area contributed by atoms with Crippen molar-refractivity contribution in [3.05, 3.63) is 65.2 Å². The molecule has 2 aromatic rings. The van der Waals surface area contributed by atoms with Crippen LogP contribution in [-0.2, 0) is 0 Å². The van der Waals surface area contributed by atoms with Gasteiger partial charge >= 0.3 is 6.03 Å². The van der Waals surface area contributed by atoms with E-state index in [0.717, 1.165) is 11.1 Å². The molecule has 0 aliphatic rings. The Hall–Kier alpha value is -2.84. The van der Waals surface area contributed by atoms with Crippen LogP contribution in [0, 0.1) is 18.3 Å². The zero-order valence-corrected chi connectivity index (χ0v) is 12.2. The second kappa shape index (κ2) is 7.25. The van der Waals surface area contributed by atoms with Crippen LogP contribution in [0.25, 0.3) is 0 Å². The number of aliphatic hydroxyl groups excluding tert-OH is 1. The number of nitrogens with zero attached hydrogens (tertiary/aromatic N) is 1. The van der Waals surface area contributed by atoms with E-state index >= 15 is 0 Å². The Morgan fingerprint density at radius 1 is 1.27 bits per heavy atom. The highest BCUT2D eigenvalue weighted by atomic mass is 16.3. The maximum Gasteiger partial charge on any atom is 0.319 e. The maximum absolute atomic E-state index is 12.1. The zero-order chi connectivity index (χ0) is 15.9. The van der Waals surface area contributed by atoms with Gasteiger partial charge in [-0.2, -0.15) is 5.26 Å². The molecule has 0 aromatic heterocycles. The van der Waals surface area contributed by atoms with E-state index in [0.29, 0.717) is 11.3 Å². The van der Waals surface area contributed by atoms with Gasteiger partial charge in [-0.25, -0.2) is 4.79 Å². The van der Waals surface area contributed by atoms with Crippen LogP contribution in [0.2, 0.25) is 0 Å². The number of carbonyl (C=O) groups excluding carboxylic acids is 1. The zero-order valence-electron chi connectivity index (χ0n) is 12.2. The van der Waals surface area contributed by atoms with Crippen molar-refractivity contribution in [3.63, 3.8) is 0 Å². The van der Waals surface area contributed by atoms with Gasteiger partial charge in [-0.1, -0.05) is 36.4 Å². The third kappa shape index (κ3) is 3.84. The van der Waals surface area contributed by atoms with E-state index in [1.807, 2.05) is 43.3 Å². The standard InChI is InChI=1S/C17H17N3O2/c1-12-7-8-13(10-18)9-15(12)19-17(22)20-16(11-21)14-5-3-2-4-6-14/h2-9,16,21H,11H2,1H3,(H2,19,20,22)/t16-/m1/s1. The van der Waals surface area contributed by atoms with Crippen LogP contribution in [0.15, 0.2) is 48.5 Å². The van der Waals surface area contributed by atoms with Crippen LogP contribution in [0.1, 0.15) is 22.7 Å². The summed E-state index contributed by atoms with van der Waals surface area (Å²) in [5.41, 5.74) is 2.72. The molecular formula is C17H17N3O2. The lowest BCUT2D eigenvalue weighted by Crippen LogP contribution is -2.34. The number of benzene rings is 2. The molecule has 0 fully saturated rings. The quantitative estimate of drug-likeness (QED) is 0.810. The van der Waals surface area contributed by atoms with Gasteiger partial charge in [0.25, 0.3) is 0 Å². The first-order valence-corrected chi connectivity index (χ1v) is 6.88. The van der Waals surface area contributed by atoms with Gasteiger partial charge in [0.15, 0.2) is 0 Å². The van der Waals surface area contributed by atoms with Crippen LogP contribution >= 0.6 is 0 Å². The second-order valence-electron chi connectivity index (χ2n) is 4.89. The number of carbonyl (C=O) groups is 1. The van der Waals surface area contributed by atoms with Crippen molar-refractivity contribution < 1.29 is 9.90 Å². The molecule has 22 heavy (non-hydrogen) atoms. The maximum atomic E-state index is 12.1. The first-order valence-electron chi connectivity index (χ1n) is 6.88. The molecule has 0 aliphatic carbocycles. The van der Waals surface area contributed by atoms with Gasteiger partial charge < -0.3 is 15.7 Å². The Bertz CT molecular complexity index is 693. The molecule has 0 spiro atoms. The van der Waals surface area contributed by atoms with E-state index in [9.17, 15) is 9.90 Å². The molecule has 0 aliphatic heterocycles. The smallest absolute Gasteiger partial charge is 0.319 e. The monoisotopic (exact) mass is 295 g/mol. The second-order valence-corrected chi connectivity index (χ2v) is 4.89. The number of aryl methyl sites for hydroxylation is 1. The molecule has 1 atom stereocenters. The molecule has 2 aromatic carbocycles. The van der Waals surface area contributed by atoms with Crippen LogP contribution in [0.5, 0.6) is 0 Å². The van der Waals surface area contributed by atoms with E-state index in [1.165, 1.54) is 0 Å². The summed E-state index contributed by atoms with van der Waals surface area (Å²) in [5.74, 6) is 0. The third-order valence-corrected chi connectivity index (χ3v) is 3.30. The Morgan fingerprint density at radius 2 is 2.00 bits per heavy atom. The third-order valence-electron chi connectivity index (χ3n) is 3.30. The number of hydrogen-bond donors (Lipinski definition) is 3. The average Bonchev–Trinajstić information content (AvgIpc) is 2.55. The minimum Gasteiger partial charge on any atom is -0.394 e. The van der Waals surface area contributed by atoms with E-state index in [-0.39, 0.29) is 6.61 Å². The molecule has 0 saturated carbocycles. The molecule has 2 amide bonds. The van der Waals surface area contributed by atoms with Gasteiger partial charge in [-0.15, -0.1) is 0 Å². The molecule has 0 saturated heterocycles. The predicted molar refractivity (Wildman–Crippen MR) is 84.3 cm³/mol. The van der Waals surface area contributed by atoms with Crippen molar-refractivity contribution in [2.45, 2.75) is 13.0 Å². The number of urea groups is 1. The van der Waals surface area contributed by atoms with Crippen molar-refractivity contribution in [3.8, 4) is 6.07 Å². The number of rotatable bonds is 4. The van der Waals surface area contributed by atoms with Crippen molar-refractivity contribution in [2.24, 2.45) is 0 Å². The van der Waals surface area contributed by atoms with Gasteiger partial charge in [-0.3, -0.25) is 0 Å². The summed E-state index contributed by atoms with van der Waals surface area (Å²) in [6.07, 6.45) is 0. The molecule has 0 heterocycles. The lowest BCUT2D eigenvalue weighted by molar-refractivity contribution is 0.225. The Balaban J connectivity index is 2.08. The summed E-state index contributed by atoms with van der Waals surface area (Å²) >= 11 is 0. The number of nitrogens with one attached hydrogen (secondary N) is 2. The summed E-state index contributed by atoms with van der Waals surface area (Å²) in [4.78, 5) is 12.1. The van der Waals surface area contributed by atoms with Gasteiger partial charge in [-0.05, 0) is 30.2 Å². The van der Waals surface area contributed by atoms with Crippen LogP contribution < -0.4 is 10.6 Å². The van der Waals surface area contributed by atoms with Crippen LogP contribution in [0.3, 0.4) is 0 Å². The first kappa shape index (κ1) is 15.5. The van der Waals surface area contributed by atoms with Crippen LogP contribution in [0.4, 0.5) is 10.5 Å². The Kier molecular flexibility index (Phi) is 5.12. The highest BCUT2D eigenvalue weighted by molar-refractivity contribution is 5.90. The first-order chi connectivity index (χ1) is 10.6. The van der Waals surface area contributed by atoms with Gasteiger partial charge in [0.2, 0.25) is 0 Å². The fourth-order valence-electron chi connectivity index (χ4n) is 2.06. The van der Waals surface area contributed by atoms with Gasteiger partial charge in [0, 0.05) is 5.69 Å². The largest absolute Gasteiger partial charge is 0.394 e. The minimum atomic E-state index is -0.486. The normalized spacial score (nSPS) is 11.3.